The molecule has 2 aromatic heterocycles. The minimum atomic E-state index is 1.01. The van der Waals surface area contributed by atoms with E-state index in [2.05, 4.69) is 132 Å². The molecule has 2 heterocycles. The summed E-state index contributed by atoms with van der Waals surface area (Å²) in [5, 5.41) is 6.24. The molecule has 39 heavy (non-hydrogen) atoms. The molecule has 2 heteroatoms. The van der Waals surface area contributed by atoms with Gasteiger partial charge in [-0.15, -0.1) is 0 Å². The summed E-state index contributed by atoms with van der Waals surface area (Å²) in [6, 6.07) is 46.2. The van der Waals surface area contributed by atoms with Crippen LogP contribution in [0.5, 0.6) is 0 Å². The average Bonchev–Trinajstić information content (AvgIpc) is 3.52. The molecule has 0 saturated heterocycles. The van der Waals surface area contributed by atoms with Crippen molar-refractivity contribution in [1.82, 2.24) is 9.55 Å². The van der Waals surface area contributed by atoms with E-state index in [0.717, 1.165) is 11.2 Å². The number of hydrogen-bond donors (Lipinski definition) is 0. The summed E-state index contributed by atoms with van der Waals surface area (Å²) in [5.41, 5.74) is 12.4. The van der Waals surface area contributed by atoms with Crippen LogP contribution in [0.15, 0.2) is 134 Å². The molecule has 1 aliphatic rings. The topological polar surface area (TPSA) is 17.8 Å². The molecule has 6 aromatic carbocycles. The molecular weight excluding hydrogens is 472 g/mol. The molecule has 9 rings (SSSR count). The number of rotatable bonds is 2. The lowest BCUT2D eigenvalue weighted by molar-refractivity contribution is 1.18. The van der Waals surface area contributed by atoms with Gasteiger partial charge in [0.1, 0.15) is 0 Å². The van der Waals surface area contributed by atoms with E-state index in [1.165, 1.54) is 71.3 Å². The van der Waals surface area contributed by atoms with Crippen LogP contribution >= 0.6 is 0 Å². The highest BCUT2D eigenvalue weighted by molar-refractivity contribution is 6.19. The summed E-state index contributed by atoms with van der Waals surface area (Å²) >= 11 is 0. The minimum Gasteiger partial charge on any atom is -0.309 e. The monoisotopic (exact) mass is 494 g/mol. The van der Waals surface area contributed by atoms with Gasteiger partial charge < -0.3 is 4.57 Å². The SMILES string of the molecule is c1ccc2c(c1)-c1cccc3c(-c4ccc(-n5c6ccccc6c6cnc7ccccc7c65)cc4)ccc-2c13. The number of benzene rings is 6. The summed E-state index contributed by atoms with van der Waals surface area (Å²) in [4.78, 5) is 4.77. The molecule has 0 unspecified atom stereocenters. The number of hydrogen-bond acceptors (Lipinski definition) is 1. The van der Waals surface area contributed by atoms with Gasteiger partial charge in [-0.05, 0) is 68.4 Å². The first kappa shape index (κ1) is 20.8. The van der Waals surface area contributed by atoms with Crippen molar-refractivity contribution < 1.29 is 0 Å². The normalized spacial score (nSPS) is 12.1. The Morgan fingerprint density at radius 3 is 1.92 bits per heavy atom. The molecule has 0 aliphatic heterocycles. The Labute approximate surface area is 225 Å². The van der Waals surface area contributed by atoms with Gasteiger partial charge in [0.2, 0.25) is 0 Å². The molecule has 0 saturated carbocycles. The van der Waals surface area contributed by atoms with Gasteiger partial charge in [-0.2, -0.15) is 0 Å². The largest absolute Gasteiger partial charge is 0.309 e. The van der Waals surface area contributed by atoms with Gasteiger partial charge in [-0.25, -0.2) is 0 Å². The molecule has 0 radical (unpaired) electrons. The van der Waals surface area contributed by atoms with Crippen LogP contribution in [-0.4, -0.2) is 9.55 Å². The number of aromatic nitrogens is 2. The van der Waals surface area contributed by atoms with E-state index in [-0.39, 0.29) is 0 Å². The summed E-state index contributed by atoms with van der Waals surface area (Å²) in [5.74, 6) is 0. The fourth-order valence-corrected chi connectivity index (χ4v) is 6.70. The fraction of sp³-hybridized carbons (Fsp3) is 0. The zero-order valence-corrected chi connectivity index (χ0v) is 21.1. The van der Waals surface area contributed by atoms with Gasteiger partial charge in [-0.3, -0.25) is 4.98 Å². The molecule has 0 atom stereocenters. The van der Waals surface area contributed by atoms with Gasteiger partial charge in [0.15, 0.2) is 0 Å². The van der Waals surface area contributed by atoms with Crippen LogP contribution in [-0.2, 0) is 0 Å². The Hall–Kier alpha value is -5.21. The third-order valence-corrected chi connectivity index (χ3v) is 8.39. The first-order valence-corrected chi connectivity index (χ1v) is 13.4. The predicted octanol–water partition coefficient (Wildman–Crippen LogP) is 9.80. The first-order chi connectivity index (χ1) is 19.4. The van der Waals surface area contributed by atoms with Gasteiger partial charge in [0, 0.05) is 28.0 Å². The third-order valence-electron chi connectivity index (χ3n) is 8.39. The second-order valence-corrected chi connectivity index (χ2v) is 10.4. The number of pyridine rings is 1. The van der Waals surface area contributed by atoms with E-state index < -0.39 is 0 Å². The van der Waals surface area contributed by atoms with Crippen molar-refractivity contribution in [3.05, 3.63) is 134 Å². The van der Waals surface area contributed by atoms with E-state index in [0.29, 0.717) is 0 Å². The van der Waals surface area contributed by atoms with Crippen molar-refractivity contribution in [3.63, 3.8) is 0 Å². The Bertz CT molecular complexity index is 2240. The molecule has 8 aromatic rings. The molecule has 0 spiro atoms. The van der Waals surface area contributed by atoms with Gasteiger partial charge in [-0.1, -0.05) is 103 Å². The average molecular weight is 495 g/mol. The van der Waals surface area contributed by atoms with Crippen LogP contribution < -0.4 is 0 Å². The Morgan fingerprint density at radius 1 is 0.436 bits per heavy atom. The minimum absolute atomic E-state index is 1.01. The quantitative estimate of drug-likeness (QED) is 0.234. The van der Waals surface area contributed by atoms with Gasteiger partial charge in [0.05, 0.1) is 16.6 Å². The second-order valence-electron chi connectivity index (χ2n) is 10.4. The van der Waals surface area contributed by atoms with Crippen molar-refractivity contribution in [1.29, 1.82) is 0 Å². The van der Waals surface area contributed by atoms with E-state index in [1.807, 2.05) is 6.20 Å². The molecule has 0 N–H and O–H groups in total. The second kappa shape index (κ2) is 7.66. The zero-order valence-electron chi connectivity index (χ0n) is 21.1. The van der Waals surface area contributed by atoms with Crippen molar-refractivity contribution in [2.24, 2.45) is 0 Å². The van der Waals surface area contributed by atoms with Crippen LogP contribution in [0, 0.1) is 0 Å². The summed E-state index contributed by atoms with van der Waals surface area (Å²) in [7, 11) is 0. The Balaban J connectivity index is 1.26. The van der Waals surface area contributed by atoms with Crippen LogP contribution in [0.2, 0.25) is 0 Å². The highest BCUT2D eigenvalue weighted by Gasteiger charge is 2.22. The van der Waals surface area contributed by atoms with E-state index in [1.54, 1.807) is 0 Å². The molecule has 0 amide bonds. The zero-order chi connectivity index (χ0) is 25.5. The lowest BCUT2D eigenvalue weighted by Gasteiger charge is -2.12. The lowest BCUT2D eigenvalue weighted by atomic mass is 9.94. The standard InChI is InChI=1S/C37H22N2/c1-2-9-27-26(8-1)30-13-7-12-29-25(20-21-31(27)36(29)30)23-16-18-24(19-17-23)39-35-15-6-4-10-28(35)33-22-38-34-14-5-3-11-32(34)37(33)39/h1-22H. The number of fused-ring (bicyclic) bond motifs is 8. The molecular formula is C37H22N2. The number of nitrogens with zero attached hydrogens (tertiary/aromatic N) is 2. The van der Waals surface area contributed by atoms with Gasteiger partial charge in [0.25, 0.3) is 0 Å². The van der Waals surface area contributed by atoms with Crippen LogP contribution in [0.1, 0.15) is 0 Å². The maximum atomic E-state index is 4.77. The Morgan fingerprint density at radius 2 is 1.08 bits per heavy atom. The lowest BCUT2D eigenvalue weighted by Crippen LogP contribution is -1.95. The van der Waals surface area contributed by atoms with E-state index in [9.17, 15) is 0 Å². The maximum absolute atomic E-state index is 4.77. The Kier molecular flexibility index (Phi) is 4.08. The molecule has 0 fully saturated rings. The summed E-state index contributed by atoms with van der Waals surface area (Å²) < 4.78 is 2.39. The van der Waals surface area contributed by atoms with Crippen molar-refractivity contribution in [2.75, 3.05) is 0 Å². The highest BCUT2D eigenvalue weighted by Crippen LogP contribution is 2.49. The van der Waals surface area contributed by atoms with Crippen LogP contribution in [0.25, 0.3) is 82.5 Å². The highest BCUT2D eigenvalue weighted by atomic mass is 15.0. The molecule has 0 bridgehead atoms. The molecule has 180 valence electrons. The molecule has 1 aliphatic carbocycles. The first-order valence-electron chi connectivity index (χ1n) is 13.4. The maximum Gasteiger partial charge on any atom is 0.0723 e. The van der Waals surface area contributed by atoms with E-state index in [4.69, 9.17) is 4.98 Å². The summed E-state index contributed by atoms with van der Waals surface area (Å²) in [6.07, 6.45) is 2.02. The van der Waals surface area contributed by atoms with Crippen molar-refractivity contribution in [3.8, 4) is 39.1 Å². The van der Waals surface area contributed by atoms with Crippen molar-refractivity contribution >= 4 is 43.5 Å². The molecule has 2 nitrogen and oxygen atoms in total. The van der Waals surface area contributed by atoms with Crippen molar-refractivity contribution in [2.45, 2.75) is 0 Å². The smallest absolute Gasteiger partial charge is 0.0723 e. The van der Waals surface area contributed by atoms with Gasteiger partial charge >= 0.3 is 0 Å². The van der Waals surface area contributed by atoms with E-state index >= 15 is 0 Å². The van der Waals surface area contributed by atoms with Crippen LogP contribution in [0.4, 0.5) is 0 Å². The van der Waals surface area contributed by atoms with Crippen LogP contribution in [0.3, 0.4) is 0 Å². The fourth-order valence-electron chi connectivity index (χ4n) is 6.70. The number of para-hydroxylation sites is 2. The predicted molar refractivity (Wildman–Crippen MR) is 163 cm³/mol. The summed E-state index contributed by atoms with van der Waals surface area (Å²) in [6.45, 7) is 0. The third kappa shape index (κ3) is 2.78.